The predicted octanol–water partition coefficient (Wildman–Crippen LogP) is 2.52. The van der Waals surface area contributed by atoms with E-state index in [4.69, 9.17) is 4.74 Å². The van der Waals surface area contributed by atoms with Crippen LogP contribution in [0.5, 0.6) is 5.75 Å². The molecular weight excluding hydrogens is 273 g/mol. The van der Waals surface area contributed by atoms with E-state index in [2.05, 4.69) is 5.32 Å². The molecule has 0 spiro atoms. The predicted molar refractivity (Wildman–Crippen MR) is 68.1 cm³/mol. The van der Waals surface area contributed by atoms with Crippen molar-refractivity contribution < 1.29 is 22.7 Å². The van der Waals surface area contributed by atoms with Crippen molar-refractivity contribution >= 4 is 11.6 Å². The molecule has 0 unspecified atom stereocenters. The summed E-state index contributed by atoms with van der Waals surface area (Å²) in [4.78, 5) is 13.2. The zero-order chi connectivity index (χ0) is 14.8. The number of hydrogen-bond donors (Lipinski definition) is 1. The van der Waals surface area contributed by atoms with Crippen LogP contribution in [0.1, 0.15) is 16.8 Å². The fourth-order valence-corrected chi connectivity index (χ4v) is 1.94. The molecule has 0 radical (unpaired) electrons. The maximum atomic E-state index is 12.2. The smallest absolute Gasteiger partial charge is 0.390 e. The van der Waals surface area contributed by atoms with Crippen molar-refractivity contribution in [3.05, 3.63) is 23.8 Å². The number of alkyl halides is 3. The molecular formula is C13H15F3N2O2. The highest BCUT2D eigenvalue weighted by Gasteiger charge is 2.29. The summed E-state index contributed by atoms with van der Waals surface area (Å²) in [6.07, 6.45) is -5.30. The molecule has 0 saturated carbocycles. The number of fused-ring (bicyclic) bond motifs is 1. The Morgan fingerprint density at radius 1 is 1.45 bits per heavy atom. The number of rotatable bonds is 3. The van der Waals surface area contributed by atoms with Gasteiger partial charge in [0.25, 0.3) is 5.91 Å². The van der Waals surface area contributed by atoms with Crippen molar-refractivity contribution in [3.63, 3.8) is 0 Å². The Morgan fingerprint density at radius 2 is 2.20 bits per heavy atom. The number of nitrogens with one attached hydrogen (secondary N) is 1. The number of benzene rings is 1. The van der Waals surface area contributed by atoms with Gasteiger partial charge >= 0.3 is 6.18 Å². The lowest BCUT2D eigenvalue weighted by Crippen LogP contribution is -2.31. The Kier molecular flexibility index (Phi) is 4.06. The highest BCUT2D eigenvalue weighted by atomic mass is 19.4. The molecule has 0 fully saturated rings. The Bertz CT molecular complexity index is 503. The first-order chi connectivity index (χ1) is 9.38. The summed E-state index contributed by atoms with van der Waals surface area (Å²) >= 11 is 0. The minimum atomic E-state index is -4.28. The third kappa shape index (κ3) is 3.34. The molecule has 1 aliphatic rings. The third-order valence-electron chi connectivity index (χ3n) is 2.99. The number of hydrogen-bond acceptors (Lipinski definition) is 3. The number of carbonyl (C=O) groups excluding carboxylic acids is 1. The molecule has 0 bridgehead atoms. The standard InChI is InChI=1S/C13H15F3N2O2/c1-18(7-5-13(14,15)16)12(19)9-3-2-4-10-11(9)20-8-6-17-10/h2-4,17H,5-8H2,1H3. The molecule has 110 valence electrons. The number of carbonyl (C=O) groups is 1. The number of nitrogens with zero attached hydrogens (tertiary/aromatic N) is 1. The normalized spacial score (nSPS) is 14.0. The van der Waals surface area contributed by atoms with Crippen LogP contribution >= 0.6 is 0 Å². The highest BCUT2D eigenvalue weighted by molar-refractivity contribution is 5.98. The molecule has 20 heavy (non-hydrogen) atoms. The number of anilines is 1. The second-order valence-electron chi connectivity index (χ2n) is 4.55. The van der Waals surface area contributed by atoms with Crippen LogP contribution in [0.2, 0.25) is 0 Å². The summed E-state index contributed by atoms with van der Waals surface area (Å²) < 4.78 is 42.0. The number of para-hydroxylation sites is 1. The van der Waals surface area contributed by atoms with Gasteiger partial charge in [0.05, 0.1) is 17.7 Å². The number of ether oxygens (including phenoxy) is 1. The average Bonchev–Trinajstić information content (AvgIpc) is 2.42. The van der Waals surface area contributed by atoms with E-state index in [1.807, 2.05) is 0 Å². The van der Waals surface area contributed by atoms with E-state index >= 15 is 0 Å². The van der Waals surface area contributed by atoms with E-state index in [1.54, 1.807) is 18.2 Å². The molecule has 0 aromatic heterocycles. The van der Waals surface area contributed by atoms with E-state index in [9.17, 15) is 18.0 Å². The zero-order valence-electron chi connectivity index (χ0n) is 11.0. The summed E-state index contributed by atoms with van der Waals surface area (Å²) in [6, 6.07) is 4.99. The first-order valence-corrected chi connectivity index (χ1v) is 6.20. The maximum Gasteiger partial charge on any atom is 0.390 e. The largest absolute Gasteiger partial charge is 0.489 e. The van der Waals surface area contributed by atoms with Crippen molar-refractivity contribution in [1.29, 1.82) is 0 Å². The fourth-order valence-electron chi connectivity index (χ4n) is 1.94. The number of amides is 1. The van der Waals surface area contributed by atoms with Crippen LogP contribution in [0.25, 0.3) is 0 Å². The van der Waals surface area contributed by atoms with Crippen molar-refractivity contribution in [3.8, 4) is 5.75 Å². The fraction of sp³-hybridized carbons (Fsp3) is 0.462. The van der Waals surface area contributed by atoms with E-state index in [0.717, 1.165) is 4.90 Å². The quantitative estimate of drug-likeness (QED) is 0.929. The van der Waals surface area contributed by atoms with Crippen LogP contribution < -0.4 is 10.1 Å². The second kappa shape index (κ2) is 5.60. The van der Waals surface area contributed by atoms with Gasteiger partial charge in [0.1, 0.15) is 6.61 Å². The topological polar surface area (TPSA) is 41.6 Å². The highest BCUT2D eigenvalue weighted by Crippen LogP contribution is 2.32. The van der Waals surface area contributed by atoms with Gasteiger partial charge in [0.15, 0.2) is 5.75 Å². The van der Waals surface area contributed by atoms with E-state index in [0.29, 0.717) is 24.6 Å². The summed E-state index contributed by atoms with van der Waals surface area (Å²) in [5.41, 5.74) is 0.964. The van der Waals surface area contributed by atoms with Gasteiger partial charge < -0.3 is 15.0 Å². The van der Waals surface area contributed by atoms with Crippen molar-refractivity contribution in [2.75, 3.05) is 32.1 Å². The molecule has 0 saturated heterocycles. The summed E-state index contributed by atoms with van der Waals surface area (Å²) in [5, 5.41) is 3.08. The minimum Gasteiger partial charge on any atom is -0.489 e. The molecule has 1 aliphatic heterocycles. The minimum absolute atomic E-state index is 0.277. The van der Waals surface area contributed by atoms with Gasteiger partial charge in [0, 0.05) is 20.1 Å². The van der Waals surface area contributed by atoms with Crippen LogP contribution in [0.15, 0.2) is 18.2 Å². The van der Waals surface area contributed by atoms with Gasteiger partial charge in [-0.05, 0) is 12.1 Å². The summed E-state index contributed by atoms with van der Waals surface area (Å²) in [5.74, 6) is -0.0718. The van der Waals surface area contributed by atoms with E-state index < -0.39 is 18.5 Å². The molecule has 4 nitrogen and oxygen atoms in total. The zero-order valence-corrected chi connectivity index (χ0v) is 11.0. The number of halogens is 3. The molecule has 1 N–H and O–H groups in total. The van der Waals surface area contributed by atoms with E-state index in [-0.39, 0.29) is 12.1 Å². The van der Waals surface area contributed by atoms with Crippen LogP contribution in [-0.4, -0.2) is 43.7 Å². The molecule has 7 heteroatoms. The molecule has 1 aromatic carbocycles. The average molecular weight is 288 g/mol. The van der Waals surface area contributed by atoms with Crippen molar-refractivity contribution in [1.82, 2.24) is 4.90 Å². The van der Waals surface area contributed by atoms with Gasteiger partial charge in [-0.3, -0.25) is 4.79 Å². The molecule has 1 amide bonds. The molecule has 2 rings (SSSR count). The lowest BCUT2D eigenvalue weighted by molar-refractivity contribution is -0.136. The first kappa shape index (κ1) is 14.5. The van der Waals surface area contributed by atoms with Crippen molar-refractivity contribution in [2.45, 2.75) is 12.6 Å². The lowest BCUT2D eigenvalue weighted by Gasteiger charge is -2.24. The Labute approximate surface area is 114 Å². The Balaban J connectivity index is 2.13. The second-order valence-corrected chi connectivity index (χ2v) is 4.55. The molecule has 0 aliphatic carbocycles. The SMILES string of the molecule is CN(CCC(F)(F)F)C(=O)c1cccc2c1OCCN2. The maximum absolute atomic E-state index is 12.2. The summed E-state index contributed by atoms with van der Waals surface area (Å²) in [6.45, 7) is 0.678. The monoisotopic (exact) mass is 288 g/mol. The summed E-state index contributed by atoms with van der Waals surface area (Å²) in [7, 11) is 1.35. The van der Waals surface area contributed by atoms with E-state index in [1.165, 1.54) is 7.05 Å². The third-order valence-corrected chi connectivity index (χ3v) is 2.99. The van der Waals surface area contributed by atoms with Gasteiger partial charge in [-0.15, -0.1) is 0 Å². The van der Waals surface area contributed by atoms with Crippen LogP contribution in [0.3, 0.4) is 0 Å². The van der Waals surface area contributed by atoms with Crippen LogP contribution in [0.4, 0.5) is 18.9 Å². The van der Waals surface area contributed by atoms with Crippen LogP contribution in [-0.2, 0) is 0 Å². The Hall–Kier alpha value is -1.92. The van der Waals surface area contributed by atoms with Gasteiger partial charge in [-0.25, -0.2) is 0 Å². The van der Waals surface area contributed by atoms with Crippen molar-refractivity contribution in [2.24, 2.45) is 0 Å². The lowest BCUT2D eigenvalue weighted by atomic mass is 10.1. The Morgan fingerprint density at radius 3 is 2.90 bits per heavy atom. The van der Waals surface area contributed by atoms with Crippen LogP contribution in [0, 0.1) is 0 Å². The first-order valence-electron chi connectivity index (χ1n) is 6.20. The molecule has 0 atom stereocenters. The van der Waals surface area contributed by atoms with Gasteiger partial charge in [-0.1, -0.05) is 6.07 Å². The van der Waals surface area contributed by atoms with Gasteiger partial charge in [-0.2, -0.15) is 13.2 Å². The molecule has 1 heterocycles. The molecule has 1 aromatic rings. The van der Waals surface area contributed by atoms with Gasteiger partial charge in [0.2, 0.25) is 0 Å².